The first kappa shape index (κ1) is 15.7. The van der Waals surface area contributed by atoms with Gasteiger partial charge in [0.15, 0.2) is 0 Å². The third-order valence-corrected chi connectivity index (χ3v) is 4.13. The minimum Gasteiger partial charge on any atom is -0.474 e. The average molecular weight is 291 g/mol. The standard InChI is InChI=1S/C16H25N3O2/c1-4-13(5-2)16(20)19-10-7-14(8-11-19)21-15-6-9-17-12(3)18-15/h6,9,13-14H,4-5,7-8,10-11H2,1-3H3. The third-order valence-electron chi connectivity index (χ3n) is 4.13. The summed E-state index contributed by atoms with van der Waals surface area (Å²) in [6.45, 7) is 7.58. The van der Waals surface area contributed by atoms with Gasteiger partial charge in [0.05, 0.1) is 0 Å². The van der Waals surface area contributed by atoms with Gasteiger partial charge in [-0.2, -0.15) is 4.98 Å². The molecule has 5 heteroatoms. The van der Waals surface area contributed by atoms with Gasteiger partial charge in [0, 0.05) is 44.1 Å². The van der Waals surface area contributed by atoms with Gasteiger partial charge in [-0.15, -0.1) is 0 Å². The lowest BCUT2D eigenvalue weighted by atomic mass is 9.99. The molecule has 21 heavy (non-hydrogen) atoms. The minimum atomic E-state index is 0.144. The van der Waals surface area contributed by atoms with Gasteiger partial charge < -0.3 is 9.64 Å². The summed E-state index contributed by atoms with van der Waals surface area (Å²) in [5, 5.41) is 0. The molecule has 0 saturated carbocycles. The number of carbonyl (C=O) groups excluding carboxylic acids is 1. The molecule has 0 spiro atoms. The molecular formula is C16H25N3O2. The van der Waals surface area contributed by atoms with Crippen molar-refractivity contribution >= 4 is 5.91 Å². The number of hydrogen-bond acceptors (Lipinski definition) is 4. The molecule has 1 aromatic rings. The van der Waals surface area contributed by atoms with Crippen LogP contribution >= 0.6 is 0 Å². The summed E-state index contributed by atoms with van der Waals surface area (Å²) in [5.74, 6) is 1.82. The number of likely N-dealkylation sites (tertiary alicyclic amines) is 1. The van der Waals surface area contributed by atoms with E-state index in [-0.39, 0.29) is 12.0 Å². The van der Waals surface area contributed by atoms with Gasteiger partial charge in [-0.05, 0) is 19.8 Å². The average Bonchev–Trinajstić information content (AvgIpc) is 2.49. The molecular weight excluding hydrogens is 266 g/mol. The van der Waals surface area contributed by atoms with Crippen LogP contribution in [-0.4, -0.2) is 40.0 Å². The fraction of sp³-hybridized carbons (Fsp3) is 0.688. The normalized spacial score (nSPS) is 16.3. The van der Waals surface area contributed by atoms with Crippen LogP contribution in [0.4, 0.5) is 0 Å². The molecule has 0 aliphatic carbocycles. The second kappa shape index (κ2) is 7.38. The number of aromatic nitrogens is 2. The van der Waals surface area contributed by atoms with Crippen LogP contribution in [0.2, 0.25) is 0 Å². The highest BCUT2D eigenvalue weighted by Gasteiger charge is 2.27. The first-order valence-electron chi connectivity index (χ1n) is 7.89. The minimum absolute atomic E-state index is 0.144. The molecule has 0 N–H and O–H groups in total. The van der Waals surface area contributed by atoms with Crippen LogP contribution < -0.4 is 4.74 Å². The van der Waals surface area contributed by atoms with Crippen LogP contribution in [0.1, 0.15) is 45.4 Å². The van der Waals surface area contributed by atoms with E-state index in [9.17, 15) is 4.79 Å². The number of ether oxygens (including phenoxy) is 1. The highest BCUT2D eigenvalue weighted by molar-refractivity contribution is 5.78. The summed E-state index contributed by atoms with van der Waals surface area (Å²) >= 11 is 0. The lowest BCUT2D eigenvalue weighted by Gasteiger charge is -2.33. The molecule has 5 nitrogen and oxygen atoms in total. The topological polar surface area (TPSA) is 55.3 Å². The monoisotopic (exact) mass is 291 g/mol. The number of amides is 1. The van der Waals surface area contributed by atoms with Gasteiger partial charge >= 0.3 is 0 Å². The maximum absolute atomic E-state index is 12.3. The number of rotatable bonds is 5. The lowest BCUT2D eigenvalue weighted by Crippen LogP contribution is -2.44. The SMILES string of the molecule is CCC(CC)C(=O)N1CCC(Oc2ccnc(C)n2)CC1. The van der Waals surface area contributed by atoms with Crippen molar-refractivity contribution in [1.82, 2.24) is 14.9 Å². The second-order valence-electron chi connectivity index (χ2n) is 5.60. The number of aryl methyl sites for hydroxylation is 1. The van der Waals surface area contributed by atoms with E-state index in [1.54, 1.807) is 12.3 Å². The van der Waals surface area contributed by atoms with Crippen LogP contribution in [0.15, 0.2) is 12.3 Å². The van der Waals surface area contributed by atoms with Crippen molar-refractivity contribution in [3.8, 4) is 5.88 Å². The summed E-state index contributed by atoms with van der Waals surface area (Å²) in [4.78, 5) is 22.6. The second-order valence-corrected chi connectivity index (χ2v) is 5.60. The van der Waals surface area contributed by atoms with Crippen molar-refractivity contribution in [3.63, 3.8) is 0 Å². The molecule has 1 aliphatic heterocycles. The maximum atomic E-state index is 12.3. The molecule has 116 valence electrons. The summed E-state index contributed by atoms with van der Waals surface area (Å²) in [5.41, 5.74) is 0. The molecule has 2 rings (SSSR count). The predicted octanol–water partition coefficient (Wildman–Crippen LogP) is 2.59. The number of carbonyl (C=O) groups is 1. The van der Waals surface area contributed by atoms with E-state index >= 15 is 0 Å². The van der Waals surface area contributed by atoms with Crippen molar-refractivity contribution in [2.75, 3.05) is 13.1 Å². The van der Waals surface area contributed by atoms with Gasteiger partial charge in [-0.3, -0.25) is 4.79 Å². The van der Waals surface area contributed by atoms with Gasteiger partial charge in [-0.25, -0.2) is 4.98 Å². The molecule has 1 amide bonds. The molecule has 1 saturated heterocycles. The van der Waals surface area contributed by atoms with Crippen LogP contribution in [0.5, 0.6) is 5.88 Å². The van der Waals surface area contributed by atoms with Gasteiger partial charge in [-0.1, -0.05) is 13.8 Å². The molecule has 0 unspecified atom stereocenters. The van der Waals surface area contributed by atoms with Crippen molar-refractivity contribution in [3.05, 3.63) is 18.1 Å². The summed E-state index contributed by atoms with van der Waals surface area (Å²) in [6.07, 6.45) is 5.44. The summed E-state index contributed by atoms with van der Waals surface area (Å²) in [6, 6.07) is 1.79. The first-order valence-corrected chi connectivity index (χ1v) is 7.89. The van der Waals surface area contributed by atoms with Crippen LogP contribution in [0.3, 0.4) is 0 Å². The van der Waals surface area contributed by atoms with Crippen molar-refractivity contribution < 1.29 is 9.53 Å². The van der Waals surface area contributed by atoms with Crippen LogP contribution in [-0.2, 0) is 4.79 Å². The first-order chi connectivity index (χ1) is 10.1. The largest absolute Gasteiger partial charge is 0.474 e. The quantitative estimate of drug-likeness (QED) is 0.836. The third kappa shape index (κ3) is 4.16. The molecule has 0 bridgehead atoms. The Bertz CT molecular complexity index is 466. The zero-order valence-electron chi connectivity index (χ0n) is 13.2. The fourth-order valence-electron chi connectivity index (χ4n) is 2.76. The smallest absolute Gasteiger partial charge is 0.225 e. The number of hydrogen-bond donors (Lipinski definition) is 0. The van der Waals surface area contributed by atoms with E-state index in [0.717, 1.165) is 38.8 Å². The molecule has 0 radical (unpaired) electrons. The van der Waals surface area contributed by atoms with Gasteiger partial charge in [0.1, 0.15) is 11.9 Å². The fourth-order valence-corrected chi connectivity index (χ4v) is 2.76. The maximum Gasteiger partial charge on any atom is 0.225 e. The van der Waals surface area contributed by atoms with Gasteiger partial charge in [0.25, 0.3) is 0 Å². The van der Waals surface area contributed by atoms with E-state index in [1.807, 2.05) is 11.8 Å². The Morgan fingerprint density at radius 3 is 2.62 bits per heavy atom. The number of piperidine rings is 1. The van der Waals surface area contributed by atoms with Gasteiger partial charge in [0.2, 0.25) is 11.8 Å². The Kier molecular flexibility index (Phi) is 5.53. The lowest BCUT2D eigenvalue weighted by molar-refractivity contribution is -0.137. The Hall–Kier alpha value is -1.65. The van der Waals surface area contributed by atoms with Crippen LogP contribution in [0, 0.1) is 12.8 Å². The summed E-state index contributed by atoms with van der Waals surface area (Å²) in [7, 11) is 0. The predicted molar refractivity (Wildman–Crippen MR) is 81.1 cm³/mol. The number of nitrogens with zero attached hydrogens (tertiary/aromatic N) is 3. The Labute approximate surface area is 126 Å². The summed E-state index contributed by atoms with van der Waals surface area (Å²) < 4.78 is 5.89. The van der Waals surface area contributed by atoms with E-state index in [2.05, 4.69) is 23.8 Å². The Balaban J connectivity index is 1.84. The van der Waals surface area contributed by atoms with E-state index in [0.29, 0.717) is 17.6 Å². The van der Waals surface area contributed by atoms with E-state index < -0.39 is 0 Å². The molecule has 1 fully saturated rings. The Morgan fingerprint density at radius 1 is 1.38 bits per heavy atom. The van der Waals surface area contributed by atoms with Crippen molar-refractivity contribution in [2.24, 2.45) is 5.92 Å². The zero-order chi connectivity index (χ0) is 15.2. The van der Waals surface area contributed by atoms with Crippen molar-refractivity contribution in [1.29, 1.82) is 0 Å². The highest BCUT2D eigenvalue weighted by atomic mass is 16.5. The van der Waals surface area contributed by atoms with Crippen molar-refractivity contribution in [2.45, 2.75) is 52.6 Å². The molecule has 1 aromatic heterocycles. The van der Waals surface area contributed by atoms with E-state index in [1.165, 1.54) is 0 Å². The highest BCUT2D eigenvalue weighted by Crippen LogP contribution is 2.20. The zero-order valence-corrected chi connectivity index (χ0v) is 13.2. The molecule has 2 heterocycles. The van der Waals surface area contributed by atoms with Crippen LogP contribution in [0.25, 0.3) is 0 Å². The Morgan fingerprint density at radius 2 is 2.05 bits per heavy atom. The molecule has 1 aliphatic rings. The molecule has 0 atom stereocenters. The van der Waals surface area contributed by atoms with E-state index in [4.69, 9.17) is 4.74 Å². The molecule has 0 aromatic carbocycles.